The van der Waals surface area contributed by atoms with E-state index in [4.69, 9.17) is 4.42 Å². The van der Waals surface area contributed by atoms with Crippen LogP contribution in [0.2, 0.25) is 0 Å². The van der Waals surface area contributed by atoms with Crippen molar-refractivity contribution in [3.05, 3.63) is 59.5 Å². The molecule has 1 N–H and O–H groups in total. The number of nitrogens with one attached hydrogen (secondary N) is 1. The van der Waals surface area contributed by atoms with Crippen LogP contribution in [0.4, 0.5) is 0 Å². The zero-order chi connectivity index (χ0) is 13.7. The second kappa shape index (κ2) is 6.20. The van der Waals surface area contributed by atoms with Gasteiger partial charge >= 0.3 is 0 Å². The van der Waals surface area contributed by atoms with Gasteiger partial charge in [-0.2, -0.15) is 0 Å². The van der Waals surface area contributed by atoms with Crippen molar-refractivity contribution >= 4 is 5.91 Å². The number of hydrogen-bond donors (Lipinski definition) is 1. The van der Waals surface area contributed by atoms with Crippen LogP contribution in [0.5, 0.6) is 0 Å². The summed E-state index contributed by atoms with van der Waals surface area (Å²) in [6.07, 6.45) is 1.49. The van der Waals surface area contributed by atoms with Gasteiger partial charge < -0.3 is 14.6 Å². The molecule has 19 heavy (non-hydrogen) atoms. The molecule has 0 aliphatic rings. The molecule has 0 fully saturated rings. The molecule has 4 heteroatoms. The maximum Gasteiger partial charge on any atom is 0.287 e. The number of nitrogens with zero attached hydrogens (tertiary/aromatic N) is 1. The molecule has 0 bridgehead atoms. The van der Waals surface area contributed by atoms with Crippen molar-refractivity contribution < 1.29 is 9.21 Å². The third kappa shape index (κ3) is 3.96. The first-order valence-electron chi connectivity index (χ1n) is 6.19. The lowest BCUT2D eigenvalue weighted by Crippen LogP contribution is -2.22. The smallest absolute Gasteiger partial charge is 0.287 e. The minimum Gasteiger partial charge on any atom is -0.459 e. The van der Waals surface area contributed by atoms with Crippen LogP contribution in [-0.4, -0.2) is 24.9 Å². The molecule has 0 aliphatic carbocycles. The lowest BCUT2D eigenvalue weighted by Gasteiger charge is -2.10. The van der Waals surface area contributed by atoms with Crippen molar-refractivity contribution in [1.29, 1.82) is 0 Å². The van der Waals surface area contributed by atoms with E-state index in [1.54, 1.807) is 12.1 Å². The highest BCUT2D eigenvalue weighted by molar-refractivity contribution is 5.91. The molecule has 4 nitrogen and oxygen atoms in total. The first kappa shape index (κ1) is 13.4. The zero-order valence-corrected chi connectivity index (χ0v) is 11.2. The Labute approximate surface area is 113 Å². The average Bonchev–Trinajstić information content (AvgIpc) is 2.91. The van der Waals surface area contributed by atoms with Crippen LogP contribution in [-0.2, 0) is 13.1 Å². The monoisotopic (exact) mass is 258 g/mol. The lowest BCUT2D eigenvalue weighted by atomic mass is 10.1. The second-order valence-electron chi connectivity index (χ2n) is 4.71. The standard InChI is InChI=1S/C15H18N2O2/c1-17(2)11-13-7-5-12(6-8-13)10-16-15(18)14-4-3-9-19-14/h3-9H,10-11H2,1-2H3,(H,16,18). The maximum absolute atomic E-state index is 11.7. The van der Waals surface area contributed by atoms with Gasteiger partial charge in [-0.25, -0.2) is 0 Å². The van der Waals surface area contributed by atoms with E-state index in [1.165, 1.54) is 11.8 Å². The van der Waals surface area contributed by atoms with E-state index in [0.29, 0.717) is 12.3 Å². The highest BCUT2D eigenvalue weighted by atomic mass is 16.3. The number of furan rings is 1. The normalized spacial score (nSPS) is 10.7. The summed E-state index contributed by atoms with van der Waals surface area (Å²) in [5, 5.41) is 2.82. The van der Waals surface area contributed by atoms with Crippen LogP contribution >= 0.6 is 0 Å². The molecule has 0 spiro atoms. The Bertz CT molecular complexity index is 516. The van der Waals surface area contributed by atoms with Crippen molar-refractivity contribution in [1.82, 2.24) is 10.2 Å². The van der Waals surface area contributed by atoms with Gasteiger partial charge in [0.15, 0.2) is 5.76 Å². The molecule has 2 rings (SSSR count). The Morgan fingerprint density at radius 1 is 1.16 bits per heavy atom. The SMILES string of the molecule is CN(C)Cc1ccc(CNC(=O)c2ccco2)cc1. The molecular formula is C15H18N2O2. The molecule has 100 valence electrons. The van der Waals surface area contributed by atoms with E-state index in [-0.39, 0.29) is 5.91 Å². The van der Waals surface area contributed by atoms with E-state index in [2.05, 4.69) is 22.3 Å². The molecule has 0 unspecified atom stereocenters. The zero-order valence-electron chi connectivity index (χ0n) is 11.2. The fourth-order valence-electron chi connectivity index (χ4n) is 1.80. The van der Waals surface area contributed by atoms with Gasteiger partial charge in [-0.05, 0) is 37.4 Å². The summed E-state index contributed by atoms with van der Waals surface area (Å²) in [5.74, 6) is 0.145. The van der Waals surface area contributed by atoms with E-state index >= 15 is 0 Å². The number of rotatable bonds is 5. The molecule has 0 saturated carbocycles. The first-order valence-corrected chi connectivity index (χ1v) is 6.19. The third-order valence-corrected chi connectivity index (χ3v) is 2.72. The van der Waals surface area contributed by atoms with E-state index in [9.17, 15) is 4.79 Å². The Balaban J connectivity index is 1.88. The summed E-state index contributed by atoms with van der Waals surface area (Å²) >= 11 is 0. The number of hydrogen-bond acceptors (Lipinski definition) is 3. The topological polar surface area (TPSA) is 45.5 Å². The van der Waals surface area contributed by atoms with Gasteiger partial charge in [-0.3, -0.25) is 4.79 Å². The molecule has 1 heterocycles. The van der Waals surface area contributed by atoms with Gasteiger partial charge in [0.1, 0.15) is 0 Å². The molecule has 0 aliphatic heterocycles. The van der Waals surface area contributed by atoms with Gasteiger partial charge in [0.2, 0.25) is 0 Å². The van der Waals surface area contributed by atoms with Crippen molar-refractivity contribution in [2.24, 2.45) is 0 Å². The van der Waals surface area contributed by atoms with Crippen LogP contribution in [0.3, 0.4) is 0 Å². The van der Waals surface area contributed by atoms with Gasteiger partial charge in [0.25, 0.3) is 5.91 Å². The van der Waals surface area contributed by atoms with Crippen LogP contribution in [0.25, 0.3) is 0 Å². The van der Waals surface area contributed by atoms with Crippen molar-refractivity contribution in [3.63, 3.8) is 0 Å². The number of amides is 1. The summed E-state index contributed by atoms with van der Waals surface area (Å²) in [4.78, 5) is 13.8. The molecular weight excluding hydrogens is 240 g/mol. The van der Waals surface area contributed by atoms with Crippen molar-refractivity contribution in [2.75, 3.05) is 14.1 Å². The van der Waals surface area contributed by atoms with E-state index in [1.807, 2.05) is 26.2 Å². The predicted molar refractivity (Wildman–Crippen MR) is 73.7 cm³/mol. The molecule has 0 radical (unpaired) electrons. The second-order valence-corrected chi connectivity index (χ2v) is 4.71. The molecule has 1 aromatic heterocycles. The molecule has 1 amide bonds. The predicted octanol–water partition coefficient (Wildman–Crippen LogP) is 2.27. The quantitative estimate of drug-likeness (QED) is 0.895. The van der Waals surface area contributed by atoms with Crippen LogP contribution in [0, 0.1) is 0 Å². The first-order chi connectivity index (χ1) is 9.15. The van der Waals surface area contributed by atoms with Gasteiger partial charge in [0.05, 0.1) is 6.26 Å². The van der Waals surface area contributed by atoms with Gasteiger partial charge in [0, 0.05) is 13.1 Å². The highest BCUT2D eigenvalue weighted by Crippen LogP contribution is 2.06. The summed E-state index contributed by atoms with van der Waals surface area (Å²) in [7, 11) is 4.08. The summed E-state index contributed by atoms with van der Waals surface area (Å²) in [6, 6.07) is 11.6. The van der Waals surface area contributed by atoms with Gasteiger partial charge in [-0.15, -0.1) is 0 Å². The summed E-state index contributed by atoms with van der Waals surface area (Å²) in [5.41, 5.74) is 2.33. The third-order valence-electron chi connectivity index (χ3n) is 2.72. The number of carbonyl (C=O) groups excluding carboxylic acids is 1. The van der Waals surface area contributed by atoms with Crippen LogP contribution in [0.15, 0.2) is 47.1 Å². The Morgan fingerprint density at radius 2 is 1.84 bits per heavy atom. The Kier molecular flexibility index (Phi) is 4.36. The molecule has 1 aromatic carbocycles. The summed E-state index contributed by atoms with van der Waals surface area (Å²) in [6.45, 7) is 1.42. The Hall–Kier alpha value is -2.07. The molecule has 2 aromatic rings. The van der Waals surface area contributed by atoms with E-state index < -0.39 is 0 Å². The van der Waals surface area contributed by atoms with E-state index in [0.717, 1.165) is 12.1 Å². The minimum atomic E-state index is -0.192. The Morgan fingerprint density at radius 3 is 2.42 bits per heavy atom. The molecule has 0 atom stereocenters. The van der Waals surface area contributed by atoms with Crippen LogP contribution < -0.4 is 5.32 Å². The highest BCUT2D eigenvalue weighted by Gasteiger charge is 2.07. The maximum atomic E-state index is 11.7. The van der Waals surface area contributed by atoms with Crippen LogP contribution in [0.1, 0.15) is 21.7 Å². The lowest BCUT2D eigenvalue weighted by molar-refractivity contribution is 0.0923. The minimum absolute atomic E-state index is 0.192. The molecule has 0 saturated heterocycles. The largest absolute Gasteiger partial charge is 0.459 e. The average molecular weight is 258 g/mol. The fraction of sp³-hybridized carbons (Fsp3) is 0.267. The fourth-order valence-corrected chi connectivity index (χ4v) is 1.80. The number of carbonyl (C=O) groups is 1. The number of benzene rings is 1. The van der Waals surface area contributed by atoms with Crippen molar-refractivity contribution in [3.8, 4) is 0 Å². The van der Waals surface area contributed by atoms with Gasteiger partial charge in [-0.1, -0.05) is 24.3 Å². The van der Waals surface area contributed by atoms with Crippen molar-refractivity contribution in [2.45, 2.75) is 13.1 Å². The summed E-state index contributed by atoms with van der Waals surface area (Å²) < 4.78 is 5.03.